The Labute approximate surface area is 822 Å². The number of hydrogen-bond acceptors (Lipinski definition) is 12. The molecule has 0 radical (unpaired) electrons. The highest BCUT2D eigenvalue weighted by molar-refractivity contribution is 6.32. The largest absolute Gasteiger partial charge is 0.356 e. The summed E-state index contributed by atoms with van der Waals surface area (Å²) in [5.74, 6) is 2.15. The average molecular weight is 1910 g/mol. The molecule has 0 bridgehead atoms. The number of aromatic nitrogens is 8. The van der Waals surface area contributed by atoms with E-state index in [2.05, 4.69) is 63.3 Å². The van der Waals surface area contributed by atoms with Crippen molar-refractivity contribution in [2.45, 2.75) is 223 Å². The van der Waals surface area contributed by atoms with Crippen molar-refractivity contribution in [2.24, 2.45) is 21.7 Å². The zero-order valence-corrected chi connectivity index (χ0v) is 80.2. The predicted octanol–water partition coefficient (Wildman–Crippen LogP) is 26.8. The highest BCUT2D eigenvalue weighted by Crippen LogP contribution is 2.53. The van der Waals surface area contributed by atoms with Crippen LogP contribution in [0.1, 0.15) is 244 Å². The summed E-state index contributed by atoms with van der Waals surface area (Å²) in [7, 11) is 0. The normalized spacial score (nSPS) is 18.9. The van der Waals surface area contributed by atoms with E-state index < -0.39 is 34.6 Å². The summed E-state index contributed by atoms with van der Waals surface area (Å²) in [4.78, 5) is 95.5. The van der Waals surface area contributed by atoms with E-state index in [1.165, 1.54) is 221 Å². The predicted molar refractivity (Wildman–Crippen MR) is 544 cm³/mol. The minimum absolute atomic E-state index is 0.0309. The molecular weight excluding hydrogens is 1800 g/mol. The van der Waals surface area contributed by atoms with Gasteiger partial charge in [0.05, 0.1) is 54.6 Å². The van der Waals surface area contributed by atoms with Crippen molar-refractivity contribution in [3.8, 4) is 68.3 Å². The Morgan fingerprint density at radius 1 is 0.312 bits per heavy atom. The van der Waals surface area contributed by atoms with Crippen LogP contribution in [0.3, 0.4) is 0 Å². The molecule has 20 nitrogen and oxygen atoms in total. The molecule has 141 heavy (non-hydrogen) atoms. The molecule has 12 aromatic rings. The van der Waals surface area contributed by atoms with Crippen LogP contribution in [0.5, 0.6) is 0 Å². The van der Waals surface area contributed by atoms with Crippen LogP contribution >= 0.6 is 11.6 Å². The van der Waals surface area contributed by atoms with Crippen molar-refractivity contribution in [1.82, 2.24) is 38.2 Å². The van der Waals surface area contributed by atoms with Crippen molar-refractivity contribution >= 4 is 57.6 Å². The van der Waals surface area contributed by atoms with Gasteiger partial charge in [-0.15, -0.1) is 0 Å². The van der Waals surface area contributed by atoms with Gasteiger partial charge in [0.15, 0.2) is 11.6 Å². The lowest BCUT2D eigenvalue weighted by Crippen LogP contribution is -2.41. The zero-order valence-electron chi connectivity index (χ0n) is 79.5. The van der Waals surface area contributed by atoms with Gasteiger partial charge in [0, 0.05) is 80.7 Å². The summed E-state index contributed by atoms with van der Waals surface area (Å²) < 4.78 is 80.0. The van der Waals surface area contributed by atoms with Crippen LogP contribution in [-0.2, 0) is 0 Å². The van der Waals surface area contributed by atoms with Crippen LogP contribution in [-0.4, -0.2) is 90.6 Å². The Morgan fingerprint density at radius 3 is 0.943 bits per heavy atom. The van der Waals surface area contributed by atoms with Gasteiger partial charge in [0.25, 0.3) is 22.2 Å². The molecule has 26 heteroatoms. The first-order valence-electron chi connectivity index (χ1n) is 50.5. The van der Waals surface area contributed by atoms with Gasteiger partial charge in [-0.1, -0.05) is 160 Å². The molecule has 4 aromatic heterocycles. The lowest BCUT2D eigenvalue weighted by atomic mass is 9.77. The summed E-state index contributed by atoms with van der Waals surface area (Å²) in [5.41, 5.74) is 9.67. The molecule has 4 spiro atoms. The molecule has 12 fully saturated rings. The number of rotatable bonds is 16. The lowest BCUT2D eigenvalue weighted by Gasteiger charge is -2.40. The van der Waals surface area contributed by atoms with Crippen molar-refractivity contribution in [3.63, 3.8) is 0 Å². The second-order valence-electron chi connectivity index (χ2n) is 41.8. The molecule has 8 aromatic carbocycles. The van der Waals surface area contributed by atoms with Crippen molar-refractivity contribution in [3.05, 3.63) is 325 Å². The standard InChI is InChI=1S/C29H28ClFN4O.C29H28F2N4O.C29H29FN4O.C28H27FN4O/c1-32-24-11-8-21(18-23(24)31)26-33-27(34-16-14-29(15-17-34)12-2-3-13-29)25(30)28(36)35(26)22-9-6-20(7-10-22)19-4-5-19;1-32-24-11-8-21(18-23(24)30)26-33-27(34-16-14-29(15-17-34)12-2-3-13-29)25(31)28(36)35(26)22-9-6-20(7-10-22)19-4-5-19;1-19-26(33-16-15-29(18-33)13-3-4-14-29)32-27(22-9-12-25(31-2)24(30)17-22)34(28(19)35)23-10-7-21(8-11-23)20-5-6-20;1-30-24-11-8-21(16-23(24)29)27-31-25(32-15-14-28(18-32)12-2-3-13-28)17-26(34)33(27)22-9-6-20(7-10-22)19-4-5-19/h2*6-11,18-19H,2-5,12-17H2;7-12,17,20H,3-6,13-16,18H2,1H3;6-11,16-17,19H,2-5,12-15,18H2. The van der Waals surface area contributed by atoms with Gasteiger partial charge in [-0.2, -0.15) is 4.39 Å². The topological polar surface area (TPSA) is 170 Å². The zero-order chi connectivity index (χ0) is 97.2. The van der Waals surface area contributed by atoms with E-state index in [1.807, 2.05) is 72.5 Å². The van der Waals surface area contributed by atoms with Crippen molar-refractivity contribution in [2.75, 3.05) is 72.0 Å². The van der Waals surface area contributed by atoms with Gasteiger partial charge in [-0.25, -0.2) is 56.9 Å². The maximum absolute atomic E-state index is 15.7. The maximum atomic E-state index is 15.7. The van der Waals surface area contributed by atoms with E-state index in [1.54, 1.807) is 51.6 Å². The third-order valence-electron chi connectivity index (χ3n) is 32.7. The molecule has 0 unspecified atom stereocenters. The molecule has 0 N–H and O–H groups in total. The molecular formula is C115H112ClF5N16O4. The van der Waals surface area contributed by atoms with E-state index in [0.29, 0.717) is 138 Å². The lowest BCUT2D eigenvalue weighted by molar-refractivity contribution is 0.225. The van der Waals surface area contributed by atoms with Gasteiger partial charge >= 0.3 is 0 Å². The van der Waals surface area contributed by atoms with Crippen molar-refractivity contribution < 1.29 is 22.0 Å². The van der Waals surface area contributed by atoms with E-state index in [4.69, 9.17) is 52.8 Å². The Balaban J connectivity index is 0.000000111. The fourth-order valence-corrected chi connectivity index (χ4v) is 24.1. The first-order valence-corrected chi connectivity index (χ1v) is 50.9. The fraction of sp³-hybridized carbons (Fsp3) is 0.409. The quantitative estimate of drug-likeness (QED) is 0.0664. The van der Waals surface area contributed by atoms with Crippen LogP contribution in [0.25, 0.3) is 87.7 Å². The Hall–Kier alpha value is -13.6. The van der Waals surface area contributed by atoms with Crippen LogP contribution in [0.2, 0.25) is 5.02 Å². The molecule has 12 aliphatic rings. The Bertz CT molecular complexity index is 7060. The number of nitrogens with zero attached hydrogens (tertiary/aromatic N) is 16. The highest BCUT2D eigenvalue weighted by atomic mass is 35.5. The second kappa shape index (κ2) is 38.8. The maximum Gasteiger partial charge on any atom is 0.296 e. The van der Waals surface area contributed by atoms with Crippen LogP contribution < -0.4 is 41.8 Å². The van der Waals surface area contributed by atoms with Crippen molar-refractivity contribution in [1.29, 1.82) is 0 Å². The fourth-order valence-electron chi connectivity index (χ4n) is 23.8. The Kier molecular flexibility index (Phi) is 25.8. The van der Waals surface area contributed by atoms with E-state index >= 15 is 4.39 Å². The van der Waals surface area contributed by atoms with Gasteiger partial charge in [0.2, 0.25) is 28.6 Å². The van der Waals surface area contributed by atoms with Gasteiger partial charge in [0.1, 0.15) is 63.2 Å². The molecule has 4 aliphatic heterocycles. The highest BCUT2D eigenvalue weighted by Gasteiger charge is 2.45. The summed E-state index contributed by atoms with van der Waals surface area (Å²) in [5, 5.41) is 0.0886. The minimum atomic E-state index is -0.884. The summed E-state index contributed by atoms with van der Waals surface area (Å²) in [6, 6.07) is 50.6. The van der Waals surface area contributed by atoms with Gasteiger partial charge in [-0.05, 0) is 289 Å². The van der Waals surface area contributed by atoms with Gasteiger partial charge < -0.3 is 19.6 Å². The summed E-state index contributed by atoms with van der Waals surface area (Å²) >= 11 is 6.71. The number of benzene rings is 8. The van der Waals surface area contributed by atoms with Gasteiger partial charge in [-0.3, -0.25) is 37.4 Å². The molecule has 8 heterocycles. The van der Waals surface area contributed by atoms with E-state index in [-0.39, 0.29) is 56.1 Å². The molecule has 8 aliphatic carbocycles. The monoisotopic (exact) mass is 1910 g/mol. The summed E-state index contributed by atoms with van der Waals surface area (Å²) in [6.45, 7) is 37.1. The smallest absolute Gasteiger partial charge is 0.296 e. The number of halogens is 6. The van der Waals surface area contributed by atoms with E-state index in [0.717, 1.165) is 96.3 Å². The number of anilines is 4. The minimum Gasteiger partial charge on any atom is -0.356 e. The SMILES string of the molecule is [C-]#[N+]c1ccc(-c2nc(N3CCC4(CCCC4)C3)c(C)c(=O)n2-c2ccc(C3CC3)cc2)cc1F.[C-]#[N+]c1ccc(-c2nc(N3CCC4(CCCC4)C3)cc(=O)n2-c2ccc(C3CC3)cc2)cc1F.[C-]#[N+]c1ccc(-c2nc(N3CCC4(CCCC4)CC3)c(Cl)c(=O)n2-c2ccc(C3CC3)cc2)cc1F.[C-]#[N+]c1ccc(-c2nc(N3CCC4(CCCC4)CC3)c(F)c(=O)n2-c2ccc(C3CC3)cc2)cc1F. The van der Waals surface area contributed by atoms with Crippen LogP contribution in [0.4, 0.5) is 68.0 Å². The van der Waals surface area contributed by atoms with Crippen LogP contribution in [0.15, 0.2) is 195 Å². The molecule has 8 saturated carbocycles. The second-order valence-corrected chi connectivity index (χ2v) is 42.2. The summed E-state index contributed by atoms with van der Waals surface area (Å²) in [6.07, 6.45) is 36.0. The first kappa shape index (κ1) is 93.7. The molecule has 0 amide bonds. The number of hydrogen-bond donors (Lipinski definition) is 0. The third kappa shape index (κ3) is 19.0. The molecule has 718 valence electrons. The van der Waals surface area contributed by atoms with Crippen LogP contribution in [0, 0.1) is 84.0 Å². The number of piperidine rings is 2. The molecule has 24 rings (SSSR count). The average Bonchev–Trinajstić information content (AvgIpc) is 1.72. The van der Waals surface area contributed by atoms with E-state index in [9.17, 15) is 36.7 Å². The third-order valence-corrected chi connectivity index (χ3v) is 33.1. The Morgan fingerprint density at radius 2 is 0.596 bits per heavy atom. The molecule has 4 saturated heterocycles. The first-order chi connectivity index (χ1) is 68.5. The molecule has 0 atom stereocenters.